The molecule has 1 unspecified atom stereocenters. The van der Waals surface area contributed by atoms with Gasteiger partial charge in [-0.2, -0.15) is 0 Å². The van der Waals surface area contributed by atoms with Crippen molar-refractivity contribution in [2.24, 2.45) is 10.9 Å². The van der Waals surface area contributed by atoms with Crippen molar-refractivity contribution in [1.82, 2.24) is 0 Å². The van der Waals surface area contributed by atoms with Gasteiger partial charge in [0.05, 0.1) is 6.04 Å². The molecular formula is C16H18FN3O. The van der Waals surface area contributed by atoms with Gasteiger partial charge in [0.2, 0.25) is 0 Å². The van der Waals surface area contributed by atoms with E-state index in [0.717, 1.165) is 11.1 Å². The summed E-state index contributed by atoms with van der Waals surface area (Å²) >= 11 is 0. The SMILES string of the molecule is Cc1cc(F)cc(NC(CC(N)=NO)c2ccccc2)c1. The highest BCUT2D eigenvalue weighted by atomic mass is 19.1. The summed E-state index contributed by atoms with van der Waals surface area (Å²) in [4.78, 5) is 0. The summed E-state index contributed by atoms with van der Waals surface area (Å²) in [5.74, 6) is -0.183. The van der Waals surface area contributed by atoms with Gasteiger partial charge in [-0.15, -0.1) is 0 Å². The van der Waals surface area contributed by atoms with Crippen molar-refractivity contribution in [2.45, 2.75) is 19.4 Å². The number of oxime groups is 1. The number of nitrogens with zero attached hydrogens (tertiary/aromatic N) is 1. The number of nitrogens with one attached hydrogen (secondary N) is 1. The van der Waals surface area contributed by atoms with E-state index < -0.39 is 0 Å². The predicted octanol–water partition coefficient (Wildman–Crippen LogP) is 3.42. The summed E-state index contributed by atoms with van der Waals surface area (Å²) in [7, 11) is 0. The number of benzene rings is 2. The molecule has 2 aromatic carbocycles. The second kappa shape index (κ2) is 6.74. The lowest BCUT2D eigenvalue weighted by atomic mass is 10.0. The molecule has 2 aromatic rings. The lowest BCUT2D eigenvalue weighted by molar-refractivity contribution is 0.316. The topological polar surface area (TPSA) is 70.6 Å². The number of aryl methyl sites for hydroxylation is 1. The molecule has 5 heteroatoms. The third kappa shape index (κ3) is 4.21. The van der Waals surface area contributed by atoms with E-state index in [1.807, 2.05) is 43.3 Å². The summed E-state index contributed by atoms with van der Waals surface area (Å²) < 4.78 is 13.5. The van der Waals surface area contributed by atoms with E-state index in [1.165, 1.54) is 12.1 Å². The maximum absolute atomic E-state index is 13.5. The quantitative estimate of drug-likeness (QED) is 0.341. The van der Waals surface area contributed by atoms with Crippen molar-refractivity contribution in [1.29, 1.82) is 0 Å². The van der Waals surface area contributed by atoms with E-state index in [9.17, 15) is 4.39 Å². The predicted molar refractivity (Wildman–Crippen MR) is 82.0 cm³/mol. The molecule has 0 aliphatic heterocycles. The maximum Gasteiger partial charge on any atom is 0.141 e. The van der Waals surface area contributed by atoms with Crippen LogP contribution in [0.5, 0.6) is 0 Å². The number of anilines is 1. The summed E-state index contributed by atoms with van der Waals surface area (Å²) in [5.41, 5.74) is 8.07. The molecule has 1 atom stereocenters. The molecule has 0 amide bonds. The van der Waals surface area contributed by atoms with Crippen LogP contribution in [0.4, 0.5) is 10.1 Å². The van der Waals surface area contributed by atoms with Gasteiger partial charge < -0.3 is 16.3 Å². The van der Waals surface area contributed by atoms with Gasteiger partial charge >= 0.3 is 0 Å². The molecule has 0 saturated carbocycles. The summed E-state index contributed by atoms with van der Waals surface area (Å²) in [6, 6.07) is 14.1. The van der Waals surface area contributed by atoms with Crippen molar-refractivity contribution in [2.75, 3.05) is 5.32 Å². The Morgan fingerprint density at radius 1 is 1.29 bits per heavy atom. The zero-order valence-electron chi connectivity index (χ0n) is 11.8. The monoisotopic (exact) mass is 287 g/mol. The van der Waals surface area contributed by atoms with Crippen molar-refractivity contribution in [3.05, 3.63) is 65.5 Å². The first-order valence-electron chi connectivity index (χ1n) is 6.63. The smallest absolute Gasteiger partial charge is 0.141 e. The molecule has 2 rings (SSSR count). The molecule has 0 spiro atoms. The number of rotatable bonds is 5. The Morgan fingerprint density at radius 2 is 2.00 bits per heavy atom. The van der Waals surface area contributed by atoms with Crippen molar-refractivity contribution in [3.8, 4) is 0 Å². The third-order valence-corrected chi connectivity index (χ3v) is 3.13. The average molecular weight is 287 g/mol. The fraction of sp³-hybridized carbons (Fsp3) is 0.188. The molecule has 4 N–H and O–H groups in total. The number of nitrogens with two attached hydrogens (primary N) is 1. The van der Waals surface area contributed by atoms with Crippen LogP contribution in [0.25, 0.3) is 0 Å². The number of hydrogen-bond acceptors (Lipinski definition) is 3. The van der Waals surface area contributed by atoms with E-state index in [2.05, 4.69) is 10.5 Å². The van der Waals surface area contributed by atoms with E-state index in [1.54, 1.807) is 0 Å². The Labute approximate surface area is 123 Å². The van der Waals surface area contributed by atoms with Gasteiger partial charge in [0.1, 0.15) is 11.7 Å². The lowest BCUT2D eigenvalue weighted by Gasteiger charge is -2.20. The minimum absolute atomic E-state index is 0.115. The minimum atomic E-state index is -0.298. The Balaban J connectivity index is 2.27. The fourth-order valence-electron chi connectivity index (χ4n) is 2.21. The van der Waals surface area contributed by atoms with Crippen LogP contribution in [0.3, 0.4) is 0 Å². The summed E-state index contributed by atoms with van der Waals surface area (Å²) in [6.45, 7) is 1.83. The van der Waals surface area contributed by atoms with Gasteiger partial charge in [0.15, 0.2) is 0 Å². The first-order chi connectivity index (χ1) is 10.1. The average Bonchev–Trinajstić information content (AvgIpc) is 2.46. The molecule has 0 radical (unpaired) electrons. The molecule has 0 bridgehead atoms. The highest BCUT2D eigenvalue weighted by molar-refractivity contribution is 5.80. The van der Waals surface area contributed by atoms with Crippen molar-refractivity contribution in [3.63, 3.8) is 0 Å². The first-order valence-corrected chi connectivity index (χ1v) is 6.63. The molecule has 0 aliphatic rings. The van der Waals surface area contributed by atoms with Crippen LogP contribution < -0.4 is 11.1 Å². The first kappa shape index (κ1) is 14.8. The largest absolute Gasteiger partial charge is 0.409 e. The van der Waals surface area contributed by atoms with Crippen LogP contribution in [-0.2, 0) is 0 Å². The van der Waals surface area contributed by atoms with Gasteiger partial charge in [0, 0.05) is 12.1 Å². The number of amidine groups is 1. The molecule has 4 nitrogen and oxygen atoms in total. The normalized spacial score (nSPS) is 13.0. The molecule has 0 saturated heterocycles. The van der Waals surface area contributed by atoms with Gasteiger partial charge in [-0.3, -0.25) is 0 Å². The summed E-state index contributed by atoms with van der Waals surface area (Å²) in [5, 5.41) is 15.0. The van der Waals surface area contributed by atoms with Crippen LogP contribution >= 0.6 is 0 Å². The van der Waals surface area contributed by atoms with Crippen LogP contribution in [0.1, 0.15) is 23.6 Å². The molecule has 0 fully saturated rings. The standard InChI is InChI=1S/C16H18FN3O/c1-11-7-13(17)9-14(8-11)19-15(10-16(18)20-21)12-5-3-2-4-6-12/h2-9,15,19,21H,10H2,1H3,(H2,18,20). The minimum Gasteiger partial charge on any atom is -0.409 e. The zero-order chi connectivity index (χ0) is 15.2. The Morgan fingerprint density at radius 3 is 2.62 bits per heavy atom. The zero-order valence-corrected chi connectivity index (χ0v) is 11.8. The molecule has 110 valence electrons. The Hall–Kier alpha value is -2.56. The van der Waals surface area contributed by atoms with Crippen LogP contribution in [0.15, 0.2) is 53.7 Å². The Bertz CT molecular complexity index is 608. The van der Waals surface area contributed by atoms with Crippen molar-refractivity contribution < 1.29 is 9.60 Å². The molecule has 0 aromatic heterocycles. The van der Waals surface area contributed by atoms with E-state index in [0.29, 0.717) is 12.1 Å². The van der Waals surface area contributed by atoms with Gasteiger partial charge in [-0.25, -0.2) is 4.39 Å². The summed E-state index contributed by atoms with van der Waals surface area (Å²) in [6.07, 6.45) is 0.316. The lowest BCUT2D eigenvalue weighted by Crippen LogP contribution is -2.21. The second-order valence-corrected chi connectivity index (χ2v) is 4.92. The molecule has 0 aliphatic carbocycles. The van der Waals surface area contributed by atoms with Crippen molar-refractivity contribution >= 4 is 11.5 Å². The van der Waals surface area contributed by atoms with Gasteiger partial charge in [-0.05, 0) is 36.2 Å². The molecule has 0 heterocycles. The number of halogens is 1. The molecule has 21 heavy (non-hydrogen) atoms. The van der Waals surface area contributed by atoms with E-state index >= 15 is 0 Å². The van der Waals surface area contributed by atoms with Crippen LogP contribution in [0, 0.1) is 12.7 Å². The maximum atomic E-state index is 13.5. The Kier molecular flexibility index (Phi) is 4.77. The highest BCUT2D eigenvalue weighted by Gasteiger charge is 2.14. The van der Waals surface area contributed by atoms with Crippen LogP contribution in [-0.4, -0.2) is 11.0 Å². The fourth-order valence-corrected chi connectivity index (χ4v) is 2.21. The van der Waals surface area contributed by atoms with Gasteiger partial charge in [0.25, 0.3) is 0 Å². The van der Waals surface area contributed by atoms with Crippen LogP contribution in [0.2, 0.25) is 0 Å². The highest BCUT2D eigenvalue weighted by Crippen LogP contribution is 2.24. The molecular weight excluding hydrogens is 269 g/mol. The number of hydrogen-bond donors (Lipinski definition) is 3. The van der Waals surface area contributed by atoms with E-state index in [4.69, 9.17) is 10.9 Å². The second-order valence-electron chi connectivity index (χ2n) is 4.92. The van der Waals surface area contributed by atoms with E-state index in [-0.39, 0.29) is 17.7 Å². The third-order valence-electron chi connectivity index (χ3n) is 3.13. The van der Waals surface area contributed by atoms with Gasteiger partial charge in [-0.1, -0.05) is 35.5 Å².